The highest BCUT2D eigenvalue weighted by Crippen LogP contribution is 2.25. The Morgan fingerprint density at radius 3 is 1.88 bits per heavy atom. The molecule has 2 rings (SSSR count). The Balaban J connectivity index is 2.13. The Bertz CT molecular complexity index is 865. The molecule has 5 nitrogen and oxygen atoms in total. The molecule has 0 spiro atoms. The molecule has 0 aromatic heterocycles. The lowest BCUT2D eigenvalue weighted by atomic mass is 9.99. The van der Waals surface area contributed by atoms with Crippen molar-refractivity contribution in [2.24, 2.45) is 0 Å². The number of rotatable bonds is 6. The summed E-state index contributed by atoms with van der Waals surface area (Å²) in [5, 5.41) is 12.9. The zero-order chi connectivity index (χ0) is 19.5. The van der Waals surface area contributed by atoms with Gasteiger partial charge in [-0.3, -0.25) is 4.79 Å². The Morgan fingerprint density at radius 1 is 1.00 bits per heavy atom. The molecule has 0 fully saturated rings. The lowest BCUT2D eigenvalue weighted by Crippen LogP contribution is -2.39. The van der Waals surface area contributed by atoms with E-state index in [9.17, 15) is 18.3 Å². The first-order chi connectivity index (χ1) is 12.1. The minimum Gasteiger partial charge on any atom is -0.386 e. The van der Waals surface area contributed by atoms with Gasteiger partial charge in [0.25, 0.3) is 5.91 Å². The number of aliphatic hydroxyl groups excluding tert-OH is 1. The quantitative estimate of drug-likeness (QED) is 0.709. The maximum atomic E-state index is 11.5. The lowest BCUT2D eigenvalue weighted by Gasteiger charge is -2.21. The van der Waals surface area contributed by atoms with Crippen LogP contribution in [0.4, 0.5) is 0 Å². The maximum Gasteiger partial charge on any atom is 0.253 e. The van der Waals surface area contributed by atoms with Crippen molar-refractivity contribution in [3.05, 3.63) is 54.1 Å². The molecule has 0 aliphatic carbocycles. The van der Waals surface area contributed by atoms with E-state index in [-0.39, 0.29) is 4.90 Å². The molecule has 2 aromatic rings. The van der Waals surface area contributed by atoms with Crippen LogP contribution in [-0.2, 0) is 14.6 Å². The van der Waals surface area contributed by atoms with Crippen molar-refractivity contribution in [3.8, 4) is 11.1 Å². The van der Waals surface area contributed by atoms with Crippen LogP contribution >= 0.6 is 23.2 Å². The van der Waals surface area contributed by atoms with E-state index < -0.39 is 32.7 Å². The normalized spacial score (nSPS) is 14.1. The average Bonchev–Trinajstić information content (AvgIpc) is 2.60. The first kappa shape index (κ1) is 20.7. The van der Waals surface area contributed by atoms with Crippen molar-refractivity contribution in [1.29, 1.82) is 0 Å². The maximum absolute atomic E-state index is 11.5. The monoisotopic (exact) mass is 415 g/mol. The van der Waals surface area contributed by atoms with Crippen molar-refractivity contribution >= 4 is 38.9 Å². The van der Waals surface area contributed by atoms with E-state index in [1.807, 2.05) is 12.1 Å². The highest BCUT2D eigenvalue weighted by molar-refractivity contribution is 7.90. The third-order valence-electron chi connectivity index (χ3n) is 3.91. The number of amides is 1. The summed E-state index contributed by atoms with van der Waals surface area (Å²) in [5.41, 5.74) is 2.35. The van der Waals surface area contributed by atoms with Crippen molar-refractivity contribution in [2.75, 3.05) is 6.26 Å². The molecule has 0 aliphatic rings. The van der Waals surface area contributed by atoms with Crippen LogP contribution in [0.5, 0.6) is 0 Å². The average molecular weight is 416 g/mol. The van der Waals surface area contributed by atoms with E-state index in [0.29, 0.717) is 5.56 Å². The van der Waals surface area contributed by atoms with Gasteiger partial charge in [-0.1, -0.05) is 59.6 Å². The summed E-state index contributed by atoms with van der Waals surface area (Å²) in [5.74, 6) is -0.567. The summed E-state index contributed by atoms with van der Waals surface area (Å²) in [7, 11) is -3.23. The Labute approximate surface area is 162 Å². The molecule has 2 N–H and O–H groups in total. The minimum absolute atomic E-state index is 0.259. The van der Waals surface area contributed by atoms with Crippen molar-refractivity contribution in [3.63, 3.8) is 0 Å². The summed E-state index contributed by atoms with van der Waals surface area (Å²) in [6.07, 6.45) is 0.238. The van der Waals surface area contributed by atoms with Crippen molar-refractivity contribution in [2.45, 2.75) is 28.8 Å². The number of sulfone groups is 1. The fraction of sp³-hybridized carbons (Fsp3) is 0.278. The third kappa shape index (κ3) is 5.20. The van der Waals surface area contributed by atoms with Gasteiger partial charge >= 0.3 is 0 Å². The first-order valence-corrected chi connectivity index (χ1v) is 10.5. The number of halogens is 2. The second kappa shape index (κ2) is 8.39. The summed E-state index contributed by atoms with van der Waals surface area (Å²) in [6, 6.07) is 13.1. The van der Waals surface area contributed by atoms with E-state index in [0.717, 1.165) is 17.4 Å². The van der Waals surface area contributed by atoms with Gasteiger partial charge in [-0.05, 0) is 35.7 Å². The smallest absolute Gasteiger partial charge is 0.253 e. The number of carbonyl (C=O) groups excluding carboxylic acids is 1. The Kier molecular flexibility index (Phi) is 6.69. The van der Waals surface area contributed by atoms with Crippen LogP contribution in [0.25, 0.3) is 11.1 Å². The number of alkyl halides is 2. The fourth-order valence-corrected chi connectivity index (χ4v) is 3.18. The molecule has 140 valence electrons. The molecule has 0 saturated heterocycles. The van der Waals surface area contributed by atoms with Gasteiger partial charge in [-0.2, -0.15) is 0 Å². The molecule has 0 radical (unpaired) electrons. The van der Waals surface area contributed by atoms with Crippen LogP contribution in [0, 0.1) is 0 Å². The van der Waals surface area contributed by atoms with Crippen molar-refractivity contribution in [1.82, 2.24) is 5.32 Å². The van der Waals surface area contributed by atoms with E-state index in [1.165, 1.54) is 0 Å². The molecule has 0 bridgehead atoms. The van der Waals surface area contributed by atoms with Gasteiger partial charge in [-0.15, -0.1) is 0 Å². The molecule has 0 aliphatic heterocycles. The zero-order valence-electron chi connectivity index (χ0n) is 14.2. The first-order valence-electron chi connectivity index (χ1n) is 7.76. The predicted molar refractivity (Wildman–Crippen MR) is 103 cm³/mol. The number of aliphatic hydroxyl groups is 1. The van der Waals surface area contributed by atoms with Crippen LogP contribution in [0.1, 0.15) is 18.6 Å². The summed E-state index contributed by atoms with van der Waals surface area (Å²) >= 11 is 11.0. The minimum atomic E-state index is -3.23. The summed E-state index contributed by atoms with van der Waals surface area (Å²) in [4.78, 5) is 10.6. The topological polar surface area (TPSA) is 83.5 Å². The van der Waals surface area contributed by atoms with Crippen LogP contribution in [0.2, 0.25) is 0 Å². The lowest BCUT2D eigenvalue weighted by molar-refractivity contribution is -0.120. The number of benzene rings is 2. The SMILES string of the molecule is CC(NC(=O)C(Cl)Cl)C(O)c1ccc(-c2ccc(S(C)(=O)=O)cc2)cc1. The van der Waals surface area contributed by atoms with Gasteiger partial charge < -0.3 is 10.4 Å². The Morgan fingerprint density at radius 2 is 1.46 bits per heavy atom. The third-order valence-corrected chi connectivity index (χ3v) is 5.43. The van der Waals surface area contributed by atoms with E-state index in [2.05, 4.69) is 5.32 Å². The van der Waals surface area contributed by atoms with Gasteiger partial charge in [0.2, 0.25) is 0 Å². The predicted octanol–water partition coefficient (Wildman–Crippen LogP) is 3.10. The summed E-state index contributed by atoms with van der Waals surface area (Å²) < 4.78 is 23.0. The second-order valence-electron chi connectivity index (χ2n) is 5.96. The molecule has 26 heavy (non-hydrogen) atoms. The number of hydrogen-bond acceptors (Lipinski definition) is 4. The number of hydrogen-bond donors (Lipinski definition) is 2. The summed E-state index contributed by atoms with van der Waals surface area (Å²) in [6.45, 7) is 1.65. The molecule has 0 saturated carbocycles. The molecule has 2 atom stereocenters. The second-order valence-corrected chi connectivity index (χ2v) is 9.07. The van der Waals surface area contributed by atoms with Crippen LogP contribution in [0.3, 0.4) is 0 Å². The van der Waals surface area contributed by atoms with Gasteiger partial charge in [0.05, 0.1) is 17.0 Å². The highest BCUT2D eigenvalue weighted by atomic mass is 35.5. The largest absolute Gasteiger partial charge is 0.386 e. The van der Waals surface area contributed by atoms with Crippen LogP contribution in [0.15, 0.2) is 53.4 Å². The standard InChI is InChI=1S/C18H19Cl2NO4S/c1-11(21-18(23)17(19)20)16(22)14-5-3-12(4-6-14)13-7-9-15(10-8-13)26(2,24)25/h3-11,16-17,22H,1-2H3,(H,21,23). The molecular formula is C18H19Cl2NO4S. The molecule has 2 aromatic carbocycles. The van der Waals surface area contributed by atoms with Crippen LogP contribution < -0.4 is 5.32 Å². The molecule has 8 heteroatoms. The van der Waals surface area contributed by atoms with Gasteiger partial charge in [0, 0.05) is 6.26 Å². The van der Waals surface area contributed by atoms with Gasteiger partial charge in [-0.25, -0.2) is 8.42 Å². The van der Waals surface area contributed by atoms with Gasteiger partial charge in [0.15, 0.2) is 14.7 Å². The molecule has 1 amide bonds. The Hall–Kier alpha value is -1.60. The molecule has 2 unspecified atom stereocenters. The fourth-order valence-electron chi connectivity index (χ4n) is 2.42. The number of nitrogens with one attached hydrogen (secondary N) is 1. The van der Waals surface area contributed by atoms with E-state index in [1.54, 1.807) is 43.3 Å². The molecular weight excluding hydrogens is 397 g/mol. The highest BCUT2D eigenvalue weighted by Gasteiger charge is 2.21. The van der Waals surface area contributed by atoms with Crippen LogP contribution in [-0.4, -0.2) is 36.6 Å². The van der Waals surface area contributed by atoms with Gasteiger partial charge in [0.1, 0.15) is 0 Å². The number of carbonyl (C=O) groups is 1. The van der Waals surface area contributed by atoms with E-state index in [4.69, 9.17) is 23.2 Å². The van der Waals surface area contributed by atoms with E-state index >= 15 is 0 Å². The molecule has 0 heterocycles. The zero-order valence-corrected chi connectivity index (χ0v) is 16.5. The van der Waals surface area contributed by atoms with Crippen molar-refractivity contribution < 1.29 is 18.3 Å².